The fourth-order valence-corrected chi connectivity index (χ4v) is 4.65. The molecule has 14 heteroatoms. The first-order valence-corrected chi connectivity index (χ1v) is 11.4. The summed E-state index contributed by atoms with van der Waals surface area (Å²) in [6, 6.07) is 1.79. The summed E-state index contributed by atoms with van der Waals surface area (Å²) < 4.78 is 111. The summed E-state index contributed by atoms with van der Waals surface area (Å²) in [6.45, 7) is -1.51. The standard InChI is InChI=1S/C19H20F6N4O3S/c20-18(21,22)13-1-4-17-12(5-13)7-28(33(30,31)19(23,24)25)9-15(10-32-16-2-3-16)29(17)8-14-6-26-11-27-14/h1,4-6,11,15-16H,2-3,7-10H2,(H,26,27). The first kappa shape index (κ1) is 23.8. The number of hydrogen-bond donors (Lipinski definition) is 1. The minimum Gasteiger partial charge on any atom is -0.376 e. The number of alkyl halides is 6. The largest absolute Gasteiger partial charge is 0.511 e. The second kappa shape index (κ2) is 8.47. The van der Waals surface area contributed by atoms with Gasteiger partial charge in [0, 0.05) is 25.0 Å². The maximum Gasteiger partial charge on any atom is 0.511 e. The summed E-state index contributed by atoms with van der Waals surface area (Å²) in [7, 11) is -5.81. The highest BCUT2D eigenvalue weighted by atomic mass is 32.2. The Morgan fingerprint density at radius 1 is 1.15 bits per heavy atom. The molecule has 33 heavy (non-hydrogen) atoms. The molecule has 1 saturated carbocycles. The lowest BCUT2D eigenvalue weighted by molar-refractivity contribution is -0.137. The fraction of sp³-hybridized carbons (Fsp3) is 0.526. The Balaban J connectivity index is 1.80. The number of sulfonamides is 1. The predicted molar refractivity (Wildman–Crippen MR) is 104 cm³/mol. The van der Waals surface area contributed by atoms with E-state index in [-0.39, 0.29) is 34.8 Å². The quantitative estimate of drug-likeness (QED) is 0.616. The van der Waals surface area contributed by atoms with Crippen LogP contribution in [0, 0.1) is 0 Å². The van der Waals surface area contributed by atoms with Gasteiger partial charge in [0.1, 0.15) is 0 Å². The number of rotatable bonds is 6. The zero-order valence-corrected chi connectivity index (χ0v) is 17.8. The van der Waals surface area contributed by atoms with Gasteiger partial charge in [-0.15, -0.1) is 0 Å². The Bertz CT molecular complexity index is 1080. The van der Waals surface area contributed by atoms with Gasteiger partial charge in [0.15, 0.2) is 0 Å². The Hall–Kier alpha value is -2.32. The van der Waals surface area contributed by atoms with Gasteiger partial charge in [-0.1, -0.05) is 0 Å². The lowest BCUT2D eigenvalue weighted by Gasteiger charge is -2.33. The molecule has 0 saturated heterocycles. The lowest BCUT2D eigenvalue weighted by Crippen LogP contribution is -2.48. The summed E-state index contributed by atoms with van der Waals surface area (Å²) in [4.78, 5) is 8.31. The van der Waals surface area contributed by atoms with E-state index >= 15 is 0 Å². The van der Waals surface area contributed by atoms with Gasteiger partial charge >= 0.3 is 21.7 Å². The Kier molecular flexibility index (Phi) is 6.12. The molecule has 7 nitrogen and oxygen atoms in total. The van der Waals surface area contributed by atoms with E-state index in [0.717, 1.165) is 25.0 Å². The average Bonchev–Trinajstić information content (AvgIpc) is 3.43. The molecule has 1 aliphatic carbocycles. The summed E-state index contributed by atoms with van der Waals surface area (Å²) in [6.07, 6.45) is -0.402. The van der Waals surface area contributed by atoms with Crippen molar-refractivity contribution >= 4 is 15.7 Å². The normalized spacial score (nSPS) is 20.5. The SMILES string of the molecule is O=S(=O)(N1Cc2cc(C(F)(F)F)ccc2N(Cc2cnc[nH]2)C(COC2CC2)C1)C(F)(F)F. The second-order valence-corrected chi connectivity index (χ2v) is 9.91. The molecule has 1 aliphatic heterocycles. The Labute approximate surface area is 185 Å². The minimum atomic E-state index is -5.81. The third kappa shape index (κ3) is 5.11. The van der Waals surface area contributed by atoms with Crippen LogP contribution >= 0.6 is 0 Å². The summed E-state index contributed by atoms with van der Waals surface area (Å²) in [5.41, 5.74) is -6.13. The van der Waals surface area contributed by atoms with Crippen LogP contribution in [0.15, 0.2) is 30.7 Å². The van der Waals surface area contributed by atoms with Crippen LogP contribution in [0.5, 0.6) is 0 Å². The number of imidazole rings is 1. The molecule has 1 fully saturated rings. The molecule has 1 N–H and O–H groups in total. The zero-order valence-electron chi connectivity index (χ0n) is 17.0. The smallest absolute Gasteiger partial charge is 0.376 e. The molecule has 0 bridgehead atoms. The van der Waals surface area contributed by atoms with Crippen molar-refractivity contribution in [3.63, 3.8) is 0 Å². The van der Waals surface area contributed by atoms with Crippen LogP contribution in [-0.4, -0.2) is 53.5 Å². The first-order chi connectivity index (χ1) is 15.4. The van der Waals surface area contributed by atoms with Crippen molar-refractivity contribution in [2.45, 2.75) is 49.8 Å². The molecular weight excluding hydrogens is 478 g/mol. The van der Waals surface area contributed by atoms with Gasteiger partial charge in [0.25, 0.3) is 0 Å². The van der Waals surface area contributed by atoms with Gasteiger partial charge in [0.2, 0.25) is 0 Å². The maximum absolute atomic E-state index is 13.4. The molecule has 182 valence electrons. The van der Waals surface area contributed by atoms with E-state index in [4.69, 9.17) is 4.74 Å². The number of hydrogen-bond acceptors (Lipinski definition) is 5. The van der Waals surface area contributed by atoms with Crippen LogP contribution in [0.25, 0.3) is 0 Å². The number of ether oxygens (including phenoxy) is 1. The zero-order chi connectivity index (χ0) is 24.0. The number of nitrogens with one attached hydrogen (secondary N) is 1. The van der Waals surface area contributed by atoms with E-state index in [9.17, 15) is 34.8 Å². The molecular formula is C19H20F6N4O3S. The van der Waals surface area contributed by atoms with Crippen LogP contribution in [0.1, 0.15) is 29.7 Å². The molecule has 1 atom stereocenters. The topological polar surface area (TPSA) is 78.5 Å². The molecule has 0 spiro atoms. The van der Waals surface area contributed by atoms with Crippen molar-refractivity contribution in [2.24, 2.45) is 0 Å². The maximum atomic E-state index is 13.4. The number of H-pyrrole nitrogens is 1. The lowest BCUT2D eigenvalue weighted by atomic mass is 10.1. The number of benzene rings is 1. The van der Waals surface area contributed by atoms with E-state index in [0.29, 0.717) is 11.8 Å². The predicted octanol–water partition coefficient (Wildman–Crippen LogP) is 3.65. The number of nitrogens with zero attached hydrogens (tertiary/aromatic N) is 3. The van der Waals surface area contributed by atoms with E-state index in [1.807, 2.05) is 0 Å². The molecule has 2 aliphatic rings. The third-order valence-corrected chi connectivity index (χ3v) is 7.04. The van der Waals surface area contributed by atoms with E-state index in [1.54, 1.807) is 4.90 Å². The Morgan fingerprint density at radius 2 is 1.88 bits per heavy atom. The van der Waals surface area contributed by atoms with Crippen molar-refractivity contribution < 1.29 is 39.5 Å². The Morgan fingerprint density at radius 3 is 2.45 bits per heavy atom. The minimum absolute atomic E-state index is 0.0525. The third-order valence-electron chi connectivity index (χ3n) is 5.49. The second-order valence-electron chi connectivity index (χ2n) is 7.98. The highest BCUT2D eigenvalue weighted by Gasteiger charge is 2.51. The van der Waals surface area contributed by atoms with Crippen molar-refractivity contribution in [3.8, 4) is 0 Å². The first-order valence-electron chi connectivity index (χ1n) is 9.98. The van der Waals surface area contributed by atoms with Gasteiger partial charge in [-0.3, -0.25) is 0 Å². The van der Waals surface area contributed by atoms with E-state index < -0.39 is 46.4 Å². The summed E-state index contributed by atoms with van der Waals surface area (Å²) >= 11 is 0. The monoisotopic (exact) mass is 498 g/mol. The highest BCUT2D eigenvalue weighted by Crippen LogP contribution is 2.38. The average molecular weight is 498 g/mol. The van der Waals surface area contributed by atoms with E-state index in [1.165, 1.54) is 12.5 Å². The van der Waals surface area contributed by atoms with Gasteiger partial charge in [0.05, 0.1) is 42.9 Å². The van der Waals surface area contributed by atoms with Crippen molar-refractivity contribution in [1.82, 2.24) is 14.3 Å². The number of halogens is 6. The summed E-state index contributed by atoms with van der Waals surface area (Å²) in [5.74, 6) is 0. The van der Waals surface area contributed by atoms with Gasteiger partial charge in [-0.05, 0) is 36.6 Å². The van der Waals surface area contributed by atoms with Crippen LogP contribution in [0.2, 0.25) is 0 Å². The van der Waals surface area contributed by atoms with Crippen LogP contribution in [-0.2, 0) is 34.0 Å². The molecule has 1 aromatic carbocycles. The molecule has 1 unspecified atom stereocenters. The van der Waals surface area contributed by atoms with Gasteiger partial charge in [-0.25, -0.2) is 13.4 Å². The molecule has 0 amide bonds. The van der Waals surface area contributed by atoms with E-state index in [2.05, 4.69) is 9.97 Å². The highest BCUT2D eigenvalue weighted by molar-refractivity contribution is 7.89. The fourth-order valence-electron chi connectivity index (χ4n) is 3.68. The van der Waals surface area contributed by atoms with Crippen LogP contribution < -0.4 is 4.90 Å². The van der Waals surface area contributed by atoms with Crippen molar-refractivity contribution in [2.75, 3.05) is 18.1 Å². The van der Waals surface area contributed by atoms with Crippen LogP contribution in [0.4, 0.5) is 32.0 Å². The number of aromatic nitrogens is 2. The molecule has 2 aromatic rings. The number of anilines is 1. The van der Waals surface area contributed by atoms with Crippen LogP contribution in [0.3, 0.4) is 0 Å². The number of aromatic amines is 1. The van der Waals surface area contributed by atoms with Gasteiger partial charge in [-0.2, -0.15) is 30.6 Å². The number of fused-ring (bicyclic) bond motifs is 1. The molecule has 1 aromatic heterocycles. The molecule has 2 heterocycles. The molecule has 4 rings (SSSR count). The van der Waals surface area contributed by atoms with Crippen molar-refractivity contribution in [1.29, 1.82) is 0 Å². The van der Waals surface area contributed by atoms with Gasteiger partial charge < -0.3 is 14.6 Å². The van der Waals surface area contributed by atoms with Crippen molar-refractivity contribution in [3.05, 3.63) is 47.5 Å². The summed E-state index contributed by atoms with van der Waals surface area (Å²) in [5, 5.41) is 0. The molecule has 0 radical (unpaired) electrons.